The molecule has 2 aliphatic rings. The Morgan fingerprint density at radius 2 is 2.13 bits per heavy atom. The van der Waals surface area contributed by atoms with Crippen molar-refractivity contribution >= 4 is 11.9 Å². The lowest BCUT2D eigenvalue weighted by molar-refractivity contribution is -0.135. The van der Waals surface area contributed by atoms with E-state index in [4.69, 9.17) is 9.84 Å². The van der Waals surface area contributed by atoms with Gasteiger partial charge in [0, 0.05) is 0 Å². The van der Waals surface area contributed by atoms with Crippen LogP contribution in [0.15, 0.2) is 4.99 Å². The lowest BCUT2D eigenvalue weighted by Crippen LogP contribution is -2.22. The first-order chi connectivity index (χ1) is 7.25. The second-order valence-electron chi connectivity index (χ2n) is 4.37. The molecular weight excluding hydrogens is 194 g/mol. The summed E-state index contributed by atoms with van der Waals surface area (Å²) in [5.41, 5.74) is 0. The van der Waals surface area contributed by atoms with Gasteiger partial charge in [0.2, 0.25) is 0 Å². The van der Waals surface area contributed by atoms with E-state index < -0.39 is 5.97 Å². The van der Waals surface area contributed by atoms with E-state index in [0.29, 0.717) is 18.4 Å². The third-order valence-electron chi connectivity index (χ3n) is 3.23. The van der Waals surface area contributed by atoms with Crippen LogP contribution >= 0.6 is 0 Å². The molecule has 0 radical (unpaired) electrons. The van der Waals surface area contributed by atoms with E-state index in [1.165, 1.54) is 32.1 Å². The van der Waals surface area contributed by atoms with Crippen molar-refractivity contribution in [3.8, 4) is 0 Å². The van der Waals surface area contributed by atoms with Crippen molar-refractivity contribution in [3.05, 3.63) is 0 Å². The normalized spacial score (nSPS) is 27.2. The van der Waals surface area contributed by atoms with Crippen LogP contribution in [0, 0.1) is 5.92 Å². The Hall–Kier alpha value is -1.06. The third-order valence-corrected chi connectivity index (χ3v) is 3.23. The van der Waals surface area contributed by atoms with Crippen molar-refractivity contribution in [3.63, 3.8) is 0 Å². The molecule has 0 bridgehead atoms. The van der Waals surface area contributed by atoms with E-state index in [1.54, 1.807) is 0 Å². The van der Waals surface area contributed by atoms with Gasteiger partial charge in [0.1, 0.15) is 13.0 Å². The van der Waals surface area contributed by atoms with Crippen LogP contribution in [0.2, 0.25) is 0 Å². The molecule has 1 aliphatic carbocycles. The highest BCUT2D eigenvalue weighted by Crippen LogP contribution is 2.30. The molecule has 0 saturated heterocycles. The maximum Gasteiger partial charge on any atom is 0.312 e. The van der Waals surface area contributed by atoms with Gasteiger partial charge in [-0.2, -0.15) is 0 Å². The molecule has 0 aromatic rings. The first kappa shape index (κ1) is 10.5. The van der Waals surface area contributed by atoms with E-state index in [-0.39, 0.29) is 12.5 Å². The number of ether oxygens (including phenoxy) is 1. The summed E-state index contributed by atoms with van der Waals surface area (Å²) >= 11 is 0. The summed E-state index contributed by atoms with van der Waals surface area (Å²) in [6.07, 6.45) is 6.27. The van der Waals surface area contributed by atoms with Crippen LogP contribution < -0.4 is 0 Å². The molecule has 0 spiro atoms. The molecule has 84 valence electrons. The zero-order valence-electron chi connectivity index (χ0n) is 8.82. The molecule has 15 heavy (non-hydrogen) atoms. The molecule has 4 heteroatoms. The van der Waals surface area contributed by atoms with Gasteiger partial charge in [-0.05, 0) is 18.8 Å². The zero-order chi connectivity index (χ0) is 10.7. The van der Waals surface area contributed by atoms with Crippen LogP contribution in [0.1, 0.15) is 38.5 Å². The number of hydrogen-bond donors (Lipinski definition) is 1. The minimum atomic E-state index is -0.863. The van der Waals surface area contributed by atoms with Gasteiger partial charge < -0.3 is 9.84 Å². The smallest absolute Gasteiger partial charge is 0.312 e. The summed E-state index contributed by atoms with van der Waals surface area (Å²) in [5, 5.41) is 8.61. The van der Waals surface area contributed by atoms with Crippen LogP contribution in [-0.2, 0) is 9.53 Å². The van der Waals surface area contributed by atoms with Crippen LogP contribution in [0.5, 0.6) is 0 Å². The second-order valence-corrected chi connectivity index (χ2v) is 4.37. The van der Waals surface area contributed by atoms with Gasteiger partial charge >= 0.3 is 5.97 Å². The topological polar surface area (TPSA) is 58.9 Å². The number of rotatable bonds is 3. The minimum Gasteiger partial charge on any atom is -0.481 e. The summed E-state index contributed by atoms with van der Waals surface area (Å²) in [5.74, 6) is 0.168. The summed E-state index contributed by atoms with van der Waals surface area (Å²) < 4.78 is 5.30. The minimum absolute atomic E-state index is 0.0663. The fourth-order valence-corrected chi connectivity index (χ4v) is 2.43. The molecule has 1 saturated carbocycles. The molecule has 1 fully saturated rings. The van der Waals surface area contributed by atoms with Crippen molar-refractivity contribution in [2.24, 2.45) is 10.9 Å². The van der Waals surface area contributed by atoms with Crippen LogP contribution in [0.4, 0.5) is 0 Å². The lowest BCUT2D eigenvalue weighted by Gasteiger charge is -2.24. The lowest BCUT2D eigenvalue weighted by atomic mass is 9.84. The molecule has 4 nitrogen and oxygen atoms in total. The van der Waals surface area contributed by atoms with E-state index in [2.05, 4.69) is 4.99 Å². The number of carboxylic acids is 1. The SMILES string of the molecule is O=C(O)CC1=NC(C2CCCCC2)CO1. The van der Waals surface area contributed by atoms with Gasteiger partial charge in [-0.1, -0.05) is 19.3 Å². The van der Waals surface area contributed by atoms with Crippen LogP contribution in [0.25, 0.3) is 0 Å². The fourth-order valence-electron chi connectivity index (χ4n) is 2.43. The van der Waals surface area contributed by atoms with Crippen LogP contribution in [0.3, 0.4) is 0 Å². The Bertz CT molecular complexity index is 269. The second kappa shape index (κ2) is 4.64. The molecule has 0 aromatic carbocycles. The van der Waals surface area contributed by atoms with Gasteiger partial charge in [-0.3, -0.25) is 4.79 Å². The number of aliphatic carboxylic acids is 1. The maximum absolute atomic E-state index is 10.5. The monoisotopic (exact) mass is 211 g/mol. The quantitative estimate of drug-likeness (QED) is 0.774. The molecule has 1 aliphatic heterocycles. The summed E-state index contributed by atoms with van der Waals surface area (Å²) in [6.45, 7) is 0.591. The molecule has 1 heterocycles. The number of nitrogens with zero attached hydrogens (tertiary/aromatic N) is 1. The molecule has 0 aromatic heterocycles. The molecule has 1 unspecified atom stereocenters. The Kier molecular flexibility index (Phi) is 3.23. The summed E-state index contributed by atoms with van der Waals surface area (Å²) in [7, 11) is 0. The molecule has 2 rings (SSSR count). The Morgan fingerprint density at radius 1 is 1.40 bits per heavy atom. The van der Waals surface area contributed by atoms with Gasteiger partial charge in [0.15, 0.2) is 5.90 Å². The largest absolute Gasteiger partial charge is 0.481 e. The Morgan fingerprint density at radius 3 is 2.80 bits per heavy atom. The van der Waals surface area contributed by atoms with Crippen molar-refractivity contribution < 1.29 is 14.6 Å². The maximum atomic E-state index is 10.5. The highest BCUT2D eigenvalue weighted by atomic mass is 16.5. The number of aliphatic imine (C=N–C) groups is 1. The predicted molar refractivity (Wildman–Crippen MR) is 56.0 cm³/mol. The van der Waals surface area contributed by atoms with Crippen molar-refractivity contribution in [1.29, 1.82) is 0 Å². The highest BCUT2D eigenvalue weighted by molar-refractivity contribution is 5.94. The van der Waals surface area contributed by atoms with Gasteiger partial charge in [0.25, 0.3) is 0 Å². The van der Waals surface area contributed by atoms with E-state index in [0.717, 1.165) is 0 Å². The number of hydrogen-bond acceptors (Lipinski definition) is 3. The average molecular weight is 211 g/mol. The van der Waals surface area contributed by atoms with Gasteiger partial charge in [-0.15, -0.1) is 0 Å². The van der Waals surface area contributed by atoms with E-state index in [1.807, 2.05) is 0 Å². The summed E-state index contributed by atoms with van der Waals surface area (Å²) in [4.78, 5) is 14.8. The first-order valence-electron chi connectivity index (χ1n) is 5.67. The molecule has 1 atom stereocenters. The number of carboxylic acid groups (broad SMARTS) is 1. The highest BCUT2D eigenvalue weighted by Gasteiger charge is 2.29. The Balaban J connectivity index is 1.89. The number of carbonyl (C=O) groups is 1. The first-order valence-corrected chi connectivity index (χ1v) is 5.67. The van der Waals surface area contributed by atoms with Gasteiger partial charge in [0.05, 0.1) is 6.04 Å². The Labute approximate surface area is 89.3 Å². The van der Waals surface area contributed by atoms with E-state index >= 15 is 0 Å². The van der Waals surface area contributed by atoms with Crippen LogP contribution in [-0.4, -0.2) is 29.6 Å². The summed E-state index contributed by atoms with van der Waals surface area (Å²) in [6, 6.07) is 0.222. The predicted octanol–water partition coefficient (Wildman–Crippen LogP) is 1.84. The molecule has 0 amide bonds. The van der Waals surface area contributed by atoms with Crippen molar-refractivity contribution in [1.82, 2.24) is 0 Å². The zero-order valence-corrected chi connectivity index (χ0v) is 8.82. The average Bonchev–Trinajstić information content (AvgIpc) is 2.67. The standard InChI is InChI=1S/C11H17NO3/c13-11(14)6-10-12-9(7-15-10)8-4-2-1-3-5-8/h8-9H,1-7H2,(H,13,14). The van der Waals surface area contributed by atoms with Gasteiger partial charge in [-0.25, -0.2) is 4.99 Å². The molecule has 1 N–H and O–H groups in total. The van der Waals surface area contributed by atoms with E-state index in [9.17, 15) is 4.79 Å². The third kappa shape index (κ3) is 2.70. The van der Waals surface area contributed by atoms with Crippen molar-refractivity contribution in [2.45, 2.75) is 44.6 Å². The van der Waals surface area contributed by atoms with Crippen molar-refractivity contribution in [2.75, 3.05) is 6.61 Å². The molecular formula is C11H17NO3. The fraction of sp³-hybridized carbons (Fsp3) is 0.818.